The molecule has 1 amide bonds. The van der Waals surface area contributed by atoms with E-state index in [1.54, 1.807) is 37.6 Å². The first-order chi connectivity index (χ1) is 23.0. The Bertz CT molecular complexity index is 2200. The first-order valence-corrected chi connectivity index (χ1v) is 15.3. The first kappa shape index (κ1) is 29.8. The normalized spacial score (nSPS) is 14.1. The minimum absolute atomic E-state index is 0.0474. The third-order valence-corrected chi connectivity index (χ3v) is 8.05. The Morgan fingerprint density at radius 1 is 1.06 bits per heavy atom. The minimum atomic E-state index is -0.698. The standard InChI is InChI=1S/C34H32N10O3/c1-23(38-33(45)29-30(35)40-43-14-6-13-36-32(29)43)31-39-27-10-5-7-25(28(27)34(46)44(31)26-8-3-2-4-9-26)12-11-24-21-37-42(22-24)16-15-41-17-19-47-20-18-41/h2-10,13-14,21-23H,15-20H2,1H3,(H2,35,40)(H,38,45). The molecular weight excluding hydrogens is 596 g/mol. The van der Waals surface area contributed by atoms with E-state index in [1.165, 1.54) is 9.08 Å². The van der Waals surface area contributed by atoms with Crippen LogP contribution in [0.5, 0.6) is 0 Å². The van der Waals surface area contributed by atoms with Crippen LogP contribution in [0.2, 0.25) is 0 Å². The molecule has 1 fully saturated rings. The number of hydrogen-bond acceptors (Lipinski definition) is 9. The molecule has 0 bridgehead atoms. The van der Waals surface area contributed by atoms with Gasteiger partial charge < -0.3 is 15.8 Å². The summed E-state index contributed by atoms with van der Waals surface area (Å²) in [6, 6.07) is 15.6. The van der Waals surface area contributed by atoms with Crippen molar-refractivity contribution in [2.75, 3.05) is 38.6 Å². The second kappa shape index (κ2) is 12.9. The summed E-state index contributed by atoms with van der Waals surface area (Å²) in [5.41, 5.74) is 8.61. The number of hydrogen-bond donors (Lipinski definition) is 2. The van der Waals surface area contributed by atoms with Crippen molar-refractivity contribution in [3.63, 3.8) is 0 Å². The number of amides is 1. The SMILES string of the molecule is CC(NC(=O)c1c(N)nn2cccnc12)c1nc2cccc(C#Cc3cnn(CCN4CCOCC4)c3)c2c(=O)n1-c1ccccc1. The number of rotatable bonds is 7. The van der Waals surface area contributed by atoms with Crippen LogP contribution in [0.4, 0.5) is 5.82 Å². The van der Waals surface area contributed by atoms with Crippen molar-refractivity contribution in [2.45, 2.75) is 19.5 Å². The highest BCUT2D eigenvalue weighted by Crippen LogP contribution is 2.22. The van der Waals surface area contributed by atoms with Crippen molar-refractivity contribution in [1.29, 1.82) is 0 Å². The number of anilines is 1. The summed E-state index contributed by atoms with van der Waals surface area (Å²) >= 11 is 0. The molecule has 4 aromatic heterocycles. The summed E-state index contributed by atoms with van der Waals surface area (Å²) in [6.07, 6.45) is 6.87. The topological polar surface area (TPSA) is 150 Å². The maximum Gasteiger partial charge on any atom is 0.267 e. The number of aromatic nitrogens is 7. The molecule has 5 heterocycles. The van der Waals surface area contributed by atoms with Crippen LogP contribution in [-0.2, 0) is 11.3 Å². The predicted octanol–water partition coefficient (Wildman–Crippen LogP) is 2.43. The Morgan fingerprint density at radius 2 is 1.89 bits per heavy atom. The van der Waals surface area contributed by atoms with Crippen LogP contribution in [-0.4, -0.2) is 77.6 Å². The molecular formula is C34H32N10O3. The van der Waals surface area contributed by atoms with Crippen LogP contribution >= 0.6 is 0 Å². The van der Waals surface area contributed by atoms with E-state index >= 15 is 0 Å². The Morgan fingerprint density at radius 3 is 2.72 bits per heavy atom. The number of ether oxygens (including phenoxy) is 1. The quantitative estimate of drug-likeness (QED) is 0.254. The summed E-state index contributed by atoms with van der Waals surface area (Å²) in [6.45, 7) is 6.76. The summed E-state index contributed by atoms with van der Waals surface area (Å²) in [5, 5.41) is 12.0. The number of carbonyl (C=O) groups is 1. The molecule has 13 nitrogen and oxygen atoms in total. The number of carbonyl (C=O) groups excluding carboxylic acids is 1. The van der Waals surface area contributed by atoms with Crippen LogP contribution < -0.4 is 16.6 Å². The van der Waals surface area contributed by atoms with Gasteiger partial charge in [0.1, 0.15) is 11.4 Å². The molecule has 7 rings (SSSR count). The number of benzene rings is 2. The van der Waals surface area contributed by atoms with Crippen molar-refractivity contribution in [2.24, 2.45) is 0 Å². The fourth-order valence-electron chi connectivity index (χ4n) is 5.68. The highest BCUT2D eigenvalue weighted by Gasteiger charge is 2.25. The number of nitrogens with zero attached hydrogens (tertiary/aromatic N) is 8. The van der Waals surface area contributed by atoms with Gasteiger partial charge >= 0.3 is 0 Å². The fraction of sp³-hybridized carbons (Fsp3) is 0.235. The van der Waals surface area contributed by atoms with E-state index in [0.717, 1.165) is 45.0 Å². The summed E-state index contributed by atoms with van der Waals surface area (Å²) < 4.78 is 10.3. The van der Waals surface area contributed by atoms with E-state index in [4.69, 9.17) is 15.5 Å². The van der Waals surface area contributed by atoms with E-state index in [9.17, 15) is 9.59 Å². The molecule has 1 atom stereocenters. The van der Waals surface area contributed by atoms with Crippen molar-refractivity contribution < 1.29 is 9.53 Å². The Labute approximate surface area is 269 Å². The maximum absolute atomic E-state index is 14.3. The molecule has 3 N–H and O–H groups in total. The zero-order valence-electron chi connectivity index (χ0n) is 25.7. The molecule has 47 heavy (non-hydrogen) atoms. The van der Waals surface area contributed by atoms with Gasteiger partial charge in [0.2, 0.25) is 0 Å². The van der Waals surface area contributed by atoms with Crippen molar-refractivity contribution >= 4 is 28.3 Å². The van der Waals surface area contributed by atoms with Crippen molar-refractivity contribution in [3.8, 4) is 17.5 Å². The molecule has 2 aromatic carbocycles. The third-order valence-electron chi connectivity index (χ3n) is 8.05. The zero-order valence-corrected chi connectivity index (χ0v) is 25.7. The van der Waals surface area contributed by atoms with Gasteiger partial charge in [0.25, 0.3) is 11.5 Å². The number of nitrogens with one attached hydrogen (secondary N) is 1. The number of nitrogen functional groups attached to an aromatic ring is 1. The molecule has 0 saturated carbocycles. The highest BCUT2D eigenvalue weighted by molar-refractivity contribution is 6.04. The van der Waals surface area contributed by atoms with Crippen molar-refractivity contribution in [3.05, 3.63) is 112 Å². The molecule has 1 saturated heterocycles. The van der Waals surface area contributed by atoms with Gasteiger partial charge in [-0.2, -0.15) is 5.10 Å². The monoisotopic (exact) mass is 628 g/mol. The lowest BCUT2D eigenvalue weighted by Gasteiger charge is -2.26. The lowest BCUT2D eigenvalue weighted by molar-refractivity contribution is 0.0359. The van der Waals surface area contributed by atoms with E-state index in [2.05, 4.69) is 37.2 Å². The molecule has 236 valence electrons. The van der Waals surface area contributed by atoms with Crippen LogP contribution in [0.3, 0.4) is 0 Å². The molecule has 0 spiro atoms. The van der Waals surface area contributed by atoms with Crippen LogP contribution in [0.15, 0.2) is 84.2 Å². The van der Waals surface area contributed by atoms with Gasteiger partial charge in [-0.15, -0.1) is 5.10 Å². The number of nitrogens with two attached hydrogens (primary N) is 1. The van der Waals surface area contributed by atoms with Crippen LogP contribution in [0, 0.1) is 11.8 Å². The van der Waals surface area contributed by atoms with Gasteiger partial charge in [-0.25, -0.2) is 14.5 Å². The Balaban J connectivity index is 1.22. The number of fused-ring (bicyclic) bond motifs is 2. The van der Waals surface area contributed by atoms with E-state index in [0.29, 0.717) is 33.6 Å². The minimum Gasteiger partial charge on any atom is -0.381 e. The van der Waals surface area contributed by atoms with E-state index in [-0.39, 0.29) is 16.9 Å². The third kappa shape index (κ3) is 6.07. The lowest BCUT2D eigenvalue weighted by atomic mass is 10.1. The molecule has 1 aliphatic heterocycles. The molecule has 1 unspecified atom stereocenters. The molecule has 13 heteroatoms. The molecule has 0 radical (unpaired) electrons. The highest BCUT2D eigenvalue weighted by atomic mass is 16.5. The van der Waals surface area contributed by atoms with Crippen molar-refractivity contribution in [1.82, 2.24) is 44.1 Å². The second-order valence-electron chi connectivity index (χ2n) is 11.2. The van der Waals surface area contributed by atoms with Gasteiger partial charge in [0.05, 0.1) is 54.2 Å². The maximum atomic E-state index is 14.3. The van der Waals surface area contributed by atoms with Gasteiger partial charge in [0, 0.05) is 43.8 Å². The average Bonchev–Trinajstić information content (AvgIpc) is 3.70. The van der Waals surface area contributed by atoms with E-state index in [1.807, 2.05) is 53.3 Å². The molecule has 1 aliphatic rings. The first-order valence-electron chi connectivity index (χ1n) is 15.3. The van der Waals surface area contributed by atoms with E-state index < -0.39 is 11.9 Å². The number of morpholine rings is 1. The summed E-state index contributed by atoms with van der Waals surface area (Å²) in [4.78, 5) is 39.3. The number of para-hydroxylation sites is 1. The second-order valence-corrected chi connectivity index (χ2v) is 11.2. The summed E-state index contributed by atoms with van der Waals surface area (Å²) in [5.74, 6) is 6.26. The Hall–Kier alpha value is -5.84. The Kier molecular flexibility index (Phi) is 8.18. The average molecular weight is 629 g/mol. The van der Waals surface area contributed by atoms with Gasteiger partial charge in [-0.1, -0.05) is 36.1 Å². The van der Waals surface area contributed by atoms with Gasteiger partial charge in [-0.3, -0.25) is 23.7 Å². The zero-order chi connectivity index (χ0) is 32.3. The molecule has 6 aromatic rings. The lowest BCUT2D eigenvalue weighted by Crippen LogP contribution is -2.38. The molecule has 0 aliphatic carbocycles. The van der Waals surface area contributed by atoms with Crippen LogP contribution in [0.1, 0.15) is 40.3 Å². The summed E-state index contributed by atoms with van der Waals surface area (Å²) in [7, 11) is 0. The largest absolute Gasteiger partial charge is 0.381 e. The van der Waals surface area contributed by atoms with Gasteiger partial charge in [-0.05, 0) is 37.3 Å². The van der Waals surface area contributed by atoms with Crippen LogP contribution in [0.25, 0.3) is 22.2 Å². The fourth-order valence-corrected chi connectivity index (χ4v) is 5.68. The smallest absolute Gasteiger partial charge is 0.267 e. The predicted molar refractivity (Wildman–Crippen MR) is 176 cm³/mol. The van der Waals surface area contributed by atoms with Gasteiger partial charge in [0.15, 0.2) is 11.5 Å².